The van der Waals surface area contributed by atoms with Crippen LogP contribution in [0.5, 0.6) is 0 Å². The van der Waals surface area contributed by atoms with Crippen LogP contribution in [0.15, 0.2) is 11.2 Å². The first-order valence-corrected chi connectivity index (χ1v) is 7.94. The van der Waals surface area contributed by atoms with Gasteiger partial charge in [-0.15, -0.1) is 0 Å². The van der Waals surface area contributed by atoms with Crippen LogP contribution in [-0.4, -0.2) is 38.4 Å². The molecule has 0 bridgehead atoms. The lowest BCUT2D eigenvalue weighted by molar-refractivity contribution is 0.0962. The van der Waals surface area contributed by atoms with Gasteiger partial charge in [0.1, 0.15) is 5.82 Å². The molecule has 0 amide bonds. The van der Waals surface area contributed by atoms with Gasteiger partial charge in [0.05, 0.1) is 12.3 Å². The number of aryl methyl sites for hydroxylation is 2. The van der Waals surface area contributed by atoms with Gasteiger partial charge in [0.15, 0.2) is 0 Å². The van der Waals surface area contributed by atoms with Gasteiger partial charge in [0, 0.05) is 30.1 Å². The van der Waals surface area contributed by atoms with Crippen LogP contribution in [0.2, 0.25) is 0 Å². The summed E-state index contributed by atoms with van der Waals surface area (Å²) in [5.41, 5.74) is 3.52. The summed E-state index contributed by atoms with van der Waals surface area (Å²) in [6.07, 6.45) is 4.48. The molecule has 0 radical (unpaired) electrons. The van der Waals surface area contributed by atoms with Gasteiger partial charge in [-0.25, -0.2) is 0 Å². The summed E-state index contributed by atoms with van der Waals surface area (Å²) in [5, 5.41) is 11.2. The molecule has 118 valence electrons. The first-order chi connectivity index (χ1) is 10.6. The monoisotopic (exact) mass is 319 g/mol. The molecular weight excluding hydrogens is 298 g/mol. The van der Waals surface area contributed by atoms with E-state index in [9.17, 15) is 0 Å². The number of hydrogen-bond donors (Lipinski definition) is 1. The predicted octanol–water partition coefficient (Wildman–Crippen LogP) is 2.73. The van der Waals surface area contributed by atoms with Gasteiger partial charge in [0.2, 0.25) is 4.77 Å². The highest BCUT2D eigenvalue weighted by molar-refractivity contribution is 7.71. The second kappa shape index (κ2) is 6.18. The number of aromatic nitrogens is 4. The molecule has 1 fully saturated rings. The van der Waals surface area contributed by atoms with Crippen molar-refractivity contribution in [2.24, 2.45) is 5.10 Å². The summed E-state index contributed by atoms with van der Waals surface area (Å²) < 4.78 is 10.2. The van der Waals surface area contributed by atoms with Crippen molar-refractivity contribution in [3.63, 3.8) is 0 Å². The van der Waals surface area contributed by atoms with E-state index in [1.165, 1.54) is 11.4 Å². The van der Waals surface area contributed by atoms with Crippen LogP contribution < -0.4 is 0 Å². The van der Waals surface area contributed by atoms with Gasteiger partial charge in [-0.1, -0.05) is 0 Å². The SMILES string of the molecule is Cc1cc(/C=N\n2c(C)n[nH]c2=S)c(C)n1C[C@H]1CCCO1. The van der Waals surface area contributed by atoms with Crippen molar-refractivity contribution in [2.75, 3.05) is 6.61 Å². The second-order valence-corrected chi connectivity index (χ2v) is 6.09. The largest absolute Gasteiger partial charge is 0.376 e. The summed E-state index contributed by atoms with van der Waals surface area (Å²) in [4.78, 5) is 0. The third-order valence-electron chi connectivity index (χ3n) is 4.15. The van der Waals surface area contributed by atoms with Gasteiger partial charge in [-0.3, -0.25) is 5.10 Å². The van der Waals surface area contributed by atoms with Crippen LogP contribution >= 0.6 is 12.2 Å². The Kier molecular flexibility index (Phi) is 4.26. The fraction of sp³-hybridized carbons (Fsp3) is 0.533. The summed E-state index contributed by atoms with van der Waals surface area (Å²) >= 11 is 5.16. The Hall–Kier alpha value is -1.73. The zero-order valence-electron chi connectivity index (χ0n) is 13.2. The summed E-state index contributed by atoms with van der Waals surface area (Å²) in [5.74, 6) is 0.745. The lowest BCUT2D eigenvalue weighted by atomic mass is 10.2. The molecule has 1 aliphatic rings. The molecule has 3 rings (SSSR count). The van der Waals surface area contributed by atoms with Crippen molar-refractivity contribution in [1.82, 2.24) is 19.4 Å². The summed E-state index contributed by atoms with van der Waals surface area (Å²) in [7, 11) is 0. The number of H-pyrrole nitrogens is 1. The molecule has 1 atom stereocenters. The van der Waals surface area contributed by atoms with E-state index in [2.05, 4.69) is 39.8 Å². The van der Waals surface area contributed by atoms with E-state index in [-0.39, 0.29) is 0 Å². The standard InChI is InChI=1S/C15H21N5OS/c1-10-7-13(8-16-20-12(3)17-18-15(20)22)11(2)19(10)9-14-5-4-6-21-14/h7-8,14H,4-6,9H2,1-3H3,(H,18,22)/b16-8-/t14-/m1/s1. The smallest absolute Gasteiger partial charge is 0.216 e. The minimum absolute atomic E-state index is 0.333. The maximum absolute atomic E-state index is 5.74. The highest BCUT2D eigenvalue weighted by Crippen LogP contribution is 2.19. The maximum Gasteiger partial charge on any atom is 0.216 e. The van der Waals surface area contributed by atoms with Gasteiger partial charge in [-0.2, -0.15) is 14.9 Å². The third-order valence-corrected chi connectivity index (χ3v) is 4.41. The molecule has 0 aliphatic carbocycles. The van der Waals surface area contributed by atoms with E-state index in [0.29, 0.717) is 10.9 Å². The van der Waals surface area contributed by atoms with Crippen LogP contribution in [0.4, 0.5) is 0 Å². The molecule has 0 unspecified atom stereocenters. The molecule has 7 heteroatoms. The minimum atomic E-state index is 0.333. The highest BCUT2D eigenvalue weighted by atomic mass is 32.1. The van der Waals surface area contributed by atoms with Gasteiger partial charge >= 0.3 is 0 Å². The Bertz CT molecular complexity index is 749. The zero-order valence-corrected chi connectivity index (χ0v) is 14.0. The highest BCUT2D eigenvalue weighted by Gasteiger charge is 2.18. The lowest BCUT2D eigenvalue weighted by Gasteiger charge is -2.14. The van der Waals surface area contributed by atoms with Crippen molar-refractivity contribution in [1.29, 1.82) is 0 Å². The number of nitrogens with zero attached hydrogens (tertiary/aromatic N) is 4. The molecule has 22 heavy (non-hydrogen) atoms. The molecule has 3 heterocycles. The van der Waals surface area contributed by atoms with Crippen LogP contribution in [0.25, 0.3) is 0 Å². The summed E-state index contributed by atoms with van der Waals surface area (Å²) in [6.45, 7) is 7.90. The number of aromatic amines is 1. The Morgan fingerprint density at radius 2 is 2.32 bits per heavy atom. The normalized spacial score (nSPS) is 18.6. The quantitative estimate of drug-likeness (QED) is 0.696. The molecule has 1 saturated heterocycles. The molecule has 0 aromatic carbocycles. The number of hydrogen-bond acceptors (Lipinski definition) is 4. The topological polar surface area (TPSA) is 60.1 Å². The fourth-order valence-corrected chi connectivity index (χ4v) is 3.08. The van der Waals surface area contributed by atoms with Gasteiger partial charge < -0.3 is 9.30 Å². The van der Waals surface area contributed by atoms with E-state index in [1.54, 1.807) is 4.68 Å². The molecule has 0 spiro atoms. The molecular formula is C15H21N5OS. The minimum Gasteiger partial charge on any atom is -0.376 e. The lowest BCUT2D eigenvalue weighted by Crippen LogP contribution is -2.16. The number of nitrogens with one attached hydrogen (secondary N) is 1. The third kappa shape index (κ3) is 2.91. The van der Waals surface area contributed by atoms with Crippen molar-refractivity contribution in [2.45, 2.75) is 46.3 Å². The van der Waals surface area contributed by atoms with E-state index >= 15 is 0 Å². The van der Waals surface area contributed by atoms with Crippen molar-refractivity contribution >= 4 is 18.4 Å². The Morgan fingerprint density at radius 3 is 2.95 bits per heavy atom. The van der Waals surface area contributed by atoms with Gasteiger partial charge in [0.25, 0.3) is 0 Å². The summed E-state index contributed by atoms with van der Waals surface area (Å²) in [6, 6.07) is 2.15. The average molecular weight is 319 g/mol. The van der Waals surface area contributed by atoms with Crippen LogP contribution in [0.3, 0.4) is 0 Å². The molecule has 2 aromatic rings. The molecule has 2 aromatic heterocycles. The first kappa shape index (κ1) is 15.2. The maximum atomic E-state index is 5.74. The number of ether oxygens (including phenoxy) is 1. The molecule has 1 N–H and O–H groups in total. The van der Waals surface area contributed by atoms with Gasteiger partial charge in [-0.05, 0) is 51.9 Å². The molecule has 1 aliphatic heterocycles. The van der Waals surface area contributed by atoms with Crippen LogP contribution in [0, 0.1) is 25.5 Å². The zero-order chi connectivity index (χ0) is 15.7. The van der Waals surface area contributed by atoms with E-state index in [1.807, 2.05) is 13.1 Å². The Balaban J connectivity index is 1.84. The van der Waals surface area contributed by atoms with Crippen molar-refractivity contribution in [3.8, 4) is 0 Å². The molecule has 6 nitrogen and oxygen atoms in total. The van der Waals surface area contributed by atoms with Crippen LogP contribution in [-0.2, 0) is 11.3 Å². The van der Waals surface area contributed by atoms with E-state index in [0.717, 1.165) is 37.4 Å². The average Bonchev–Trinajstić information content (AvgIpc) is 3.17. The Labute approximate surface area is 134 Å². The fourth-order valence-electron chi connectivity index (χ4n) is 2.86. The van der Waals surface area contributed by atoms with Crippen LogP contribution in [0.1, 0.15) is 35.6 Å². The number of rotatable bonds is 4. The predicted molar refractivity (Wildman–Crippen MR) is 88.0 cm³/mol. The van der Waals surface area contributed by atoms with E-state index in [4.69, 9.17) is 17.0 Å². The Morgan fingerprint density at radius 1 is 1.50 bits per heavy atom. The van der Waals surface area contributed by atoms with Crippen molar-refractivity contribution < 1.29 is 4.74 Å². The first-order valence-electron chi connectivity index (χ1n) is 7.53. The second-order valence-electron chi connectivity index (χ2n) is 5.70. The van der Waals surface area contributed by atoms with E-state index < -0.39 is 0 Å². The van der Waals surface area contributed by atoms with Crippen molar-refractivity contribution in [3.05, 3.63) is 33.6 Å². The molecule has 0 saturated carbocycles.